The quantitative estimate of drug-likeness (QED) is 0.933. The highest BCUT2D eigenvalue weighted by atomic mass is 32.2. The number of thioether (sulfide) groups is 1. The van der Waals surface area contributed by atoms with Crippen molar-refractivity contribution in [1.82, 2.24) is 5.43 Å². The summed E-state index contributed by atoms with van der Waals surface area (Å²) in [4.78, 5) is 0. The first-order valence-corrected chi connectivity index (χ1v) is 7.36. The number of benzene rings is 2. The molecule has 0 spiro atoms. The number of ether oxygens (including phenoxy) is 1. The number of rotatable bonds is 3. The number of aryl methyl sites for hydroxylation is 1. The minimum Gasteiger partial charge on any atom is -0.496 e. The zero-order valence-electron chi connectivity index (χ0n) is 11.5. The highest BCUT2D eigenvalue weighted by Gasteiger charge is 2.22. The fourth-order valence-corrected chi connectivity index (χ4v) is 3.19. The third kappa shape index (κ3) is 2.51. The smallest absolute Gasteiger partial charge is 0.126 e. The van der Waals surface area contributed by atoms with Crippen molar-refractivity contribution in [3.8, 4) is 5.75 Å². The predicted molar refractivity (Wildman–Crippen MR) is 84.2 cm³/mol. The molecule has 0 aliphatic carbocycles. The van der Waals surface area contributed by atoms with Gasteiger partial charge in [0.15, 0.2) is 0 Å². The van der Waals surface area contributed by atoms with Crippen LogP contribution < -0.4 is 10.2 Å². The van der Waals surface area contributed by atoms with Gasteiger partial charge in [-0.3, -0.25) is 5.43 Å². The third-order valence-electron chi connectivity index (χ3n) is 3.26. The summed E-state index contributed by atoms with van der Waals surface area (Å²) in [6.07, 6.45) is 0. The van der Waals surface area contributed by atoms with E-state index in [2.05, 4.69) is 41.7 Å². The normalized spacial score (nSPS) is 17.5. The molecule has 1 aliphatic heterocycles. The number of nitrogens with one attached hydrogen (secondary N) is 1. The molecule has 2 aromatic carbocycles. The third-order valence-corrected chi connectivity index (χ3v) is 4.42. The fraction of sp³-hybridized carbons (Fsp3) is 0.188. The topological polar surface area (TPSA) is 33.6 Å². The van der Waals surface area contributed by atoms with Crippen LogP contribution in [0.2, 0.25) is 0 Å². The Labute approximate surface area is 123 Å². The van der Waals surface area contributed by atoms with E-state index in [0.29, 0.717) is 0 Å². The van der Waals surface area contributed by atoms with Crippen LogP contribution in [0.3, 0.4) is 0 Å². The molecule has 0 aromatic heterocycles. The van der Waals surface area contributed by atoms with Crippen molar-refractivity contribution in [3.63, 3.8) is 0 Å². The van der Waals surface area contributed by atoms with Crippen LogP contribution in [0.25, 0.3) is 0 Å². The first kappa shape index (κ1) is 13.1. The molecule has 2 aromatic rings. The number of nitrogens with zero attached hydrogens (tertiary/aromatic N) is 1. The van der Waals surface area contributed by atoms with Crippen molar-refractivity contribution < 1.29 is 4.74 Å². The molecule has 1 N–H and O–H groups in total. The summed E-state index contributed by atoms with van der Waals surface area (Å²) in [6.45, 7) is 2.06. The van der Waals surface area contributed by atoms with E-state index in [0.717, 1.165) is 21.9 Å². The number of hydrazone groups is 1. The van der Waals surface area contributed by atoms with Gasteiger partial charge in [0.05, 0.1) is 7.11 Å². The summed E-state index contributed by atoms with van der Waals surface area (Å²) in [5, 5.41) is 5.63. The Kier molecular flexibility index (Phi) is 3.65. The van der Waals surface area contributed by atoms with E-state index >= 15 is 0 Å². The molecule has 4 heteroatoms. The molecule has 0 unspecified atom stereocenters. The second kappa shape index (κ2) is 5.59. The van der Waals surface area contributed by atoms with Crippen LogP contribution in [0.4, 0.5) is 0 Å². The molecule has 20 heavy (non-hydrogen) atoms. The molecule has 3 nitrogen and oxygen atoms in total. The summed E-state index contributed by atoms with van der Waals surface area (Å²) in [7, 11) is 1.70. The van der Waals surface area contributed by atoms with Gasteiger partial charge in [-0.25, -0.2) is 0 Å². The summed E-state index contributed by atoms with van der Waals surface area (Å²) in [5.41, 5.74) is 6.70. The predicted octanol–water partition coefficient (Wildman–Crippen LogP) is 3.70. The summed E-state index contributed by atoms with van der Waals surface area (Å²) in [5.74, 6) is 0.918. The molecule has 0 amide bonds. The molecule has 1 aliphatic rings. The van der Waals surface area contributed by atoms with Crippen molar-refractivity contribution in [2.45, 2.75) is 12.3 Å². The Bertz CT molecular complexity index is 640. The second-order valence-corrected chi connectivity index (χ2v) is 5.73. The van der Waals surface area contributed by atoms with Gasteiger partial charge in [0, 0.05) is 5.56 Å². The lowest BCUT2D eigenvalue weighted by Crippen LogP contribution is -2.06. The Balaban J connectivity index is 1.77. The Morgan fingerprint density at radius 3 is 2.65 bits per heavy atom. The average Bonchev–Trinajstić information content (AvgIpc) is 2.98. The number of hydrogen-bond acceptors (Lipinski definition) is 4. The number of methoxy groups -OCH3 is 1. The van der Waals surface area contributed by atoms with Gasteiger partial charge >= 0.3 is 0 Å². The van der Waals surface area contributed by atoms with Crippen LogP contribution in [0.1, 0.15) is 22.1 Å². The van der Waals surface area contributed by atoms with Gasteiger partial charge in [0.25, 0.3) is 0 Å². The van der Waals surface area contributed by atoms with Crippen molar-refractivity contribution >= 4 is 16.8 Å². The van der Waals surface area contributed by atoms with Crippen molar-refractivity contribution in [2.24, 2.45) is 5.10 Å². The van der Waals surface area contributed by atoms with Crippen LogP contribution in [0.15, 0.2) is 53.6 Å². The lowest BCUT2D eigenvalue weighted by atomic mass is 10.1. The van der Waals surface area contributed by atoms with Crippen molar-refractivity contribution in [3.05, 3.63) is 65.2 Å². The van der Waals surface area contributed by atoms with Gasteiger partial charge in [-0.2, -0.15) is 5.10 Å². The van der Waals surface area contributed by atoms with Gasteiger partial charge in [-0.15, -0.1) is 0 Å². The number of hydrogen-bond donors (Lipinski definition) is 1. The molecule has 0 saturated heterocycles. The Hall–Kier alpha value is -1.94. The van der Waals surface area contributed by atoms with Gasteiger partial charge in [-0.05, 0) is 30.2 Å². The van der Waals surface area contributed by atoms with Crippen molar-refractivity contribution in [1.29, 1.82) is 0 Å². The van der Waals surface area contributed by atoms with Crippen LogP contribution in [0, 0.1) is 6.92 Å². The lowest BCUT2D eigenvalue weighted by molar-refractivity contribution is 0.411. The highest BCUT2D eigenvalue weighted by Crippen LogP contribution is 2.35. The standard InChI is InChI=1S/C16H16N2OS/c1-11-10-13(8-9-14(11)19-2)16-18-17-15(20-16)12-6-4-3-5-7-12/h3-10,16,18H,1-2H3/t16-/m1/s1. The fourth-order valence-electron chi connectivity index (χ4n) is 2.20. The maximum absolute atomic E-state index is 5.30. The molecule has 0 radical (unpaired) electrons. The SMILES string of the molecule is COc1ccc([C@@H]2NN=C(c3ccccc3)S2)cc1C. The molecule has 1 atom stereocenters. The first-order valence-electron chi connectivity index (χ1n) is 6.48. The maximum Gasteiger partial charge on any atom is 0.126 e. The van der Waals surface area contributed by atoms with Crippen LogP contribution >= 0.6 is 11.8 Å². The van der Waals surface area contributed by atoms with E-state index in [1.807, 2.05) is 24.3 Å². The molecular formula is C16H16N2OS. The Morgan fingerprint density at radius 1 is 1.15 bits per heavy atom. The largest absolute Gasteiger partial charge is 0.496 e. The van der Waals surface area contributed by atoms with E-state index in [-0.39, 0.29) is 5.37 Å². The van der Waals surface area contributed by atoms with E-state index in [4.69, 9.17) is 4.74 Å². The van der Waals surface area contributed by atoms with Gasteiger partial charge in [0.1, 0.15) is 16.2 Å². The molecule has 3 rings (SSSR count). The monoisotopic (exact) mass is 284 g/mol. The molecule has 102 valence electrons. The molecule has 0 bridgehead atoms. The molecular weight excluding hydrogens is 268 g/mol. The van der Waals surface area contributed by atoms with E-state index < -0.39 is 0 Å². The Morgan fingerprint density at radius 2 is 1.95 bits per heavy atom. The molecule has 1 heterocycles. The van der Waals surface area contributed by atoms with E-state index in [1.165, 1.54) is 5.56 Å². The van der Waals surface area contributed by atoms with Gasteiger partial charge in [0.2, 0.25) is 0 Å². The minimum absolute atomic E-state index is 0.162. The van der Waals surface area contributed by atoms with Crippen LogP contribution in [-0.4, -0.2) is 12.2 Å². The van der Waals surface area contributed by atoms with Gasteiger partial charge < -0.3 is 4.74 Å². The minimum atomic E-state index is 0.162. The first-order chi connectivity index (χ1) is 9.78. The van der Waals surface area contributed by atoms with Crippen molar-refractivity contribution in [2.75, 3.05) is 7.11 Å². The summed E-state index contributed by atoms with van der Waals surface area (Å²) in [6, 6.07) is 16.5. The van der Waals surface area contributed by atoms with Crippen LogP contribution in [0.5, 0.6) is 5.75 Å². The average molecular weight is 284 g/mol. The molecule has 0 fully saturated rings. The summed E-state index contributed by atoms with van der Waals surface area (Å²) < 4.78 is 5.30. The second-order valence-electron chi connectivity index (χ2n) is 4.64. The zero-order chi connectivity index (χ0) is 13.9. The molecule has 0 saturated carbocycles. The maximum atomic E-state index is 5.30. The highest BCUT2D eigenvalue weighted by molar-refractivity contribution is 8.14. The zero-order valence-corrected chi connectivity index (χ0v) is 12.3. The van der Waals surface area contributed by atoms with E-state index in [9.17, 15) is 0 Å². The van der Waals surface area contributed by atoms with E-state index in [1.54, 1.807) is 18.9 Å². The van der Waals surface area contributed by atoms with Gasteiger partial charge in [-0.1, -0.05) is 48.2 Å². The van der Waals surface area contributed by atoms with Crippen LogP contribution in [-0.2, 0) is 0 Å². The summed E-state index contributed by atoms with van der Waals surface area (Å²) >= 11 is 1.74. The lowest BCUT2D eigenvalue weighted by Gasteiger charge is -2.12.